The number of hydrogen-bond acceptors (Lipinski definition) is 2. The maximum atomic E-state index is 12.2. The molecule has 0 saturated heterocycles. The molecule has 0 aliphatic carbocycles. The highest BCUT2D eigenvalue weighted by Gasteiger charge is 2.17. The van der Waals surface area contributed by atoms with Crippen LogP contribution in [0.5, 0.6) is 0 Å². The zero-order chi connectivity index (χ0) is 13.0. The number of nitrogens with zero attached hydrogens (tertiary/aromatic N) is 1. The number of nitrogens with one attached hydrogen (secondary N) is 1. The summed E-state index contributed by atoms with van der Waals surface area (Å²) >= 11 is 9.41. The van der Waals surface area contributed by atoms with Crippen molar-refractivity contribution in [2.24, 2.45) is 0 Å². The topological polar surface area (TPSA) is 32.3 Å². The number of rotatable bonds is 4. The molecule has 1 aromatic carbocycles. The molecule has 0 aliphatic rings. The Hall–Kier alpha value is -0.740. The normalized spacial score (nSPS) is 10.2. The third-order valence-corrected chi connectivity index (χ3v) is 3.30. The van der Waals surface area contributed by atoms with E-state index in [2.05, 4.69) is 21.2 Å². The molecule has 0 radical (unpaired) electrons. The van der Waals surface area contributed by atoms with Crippen molar-refractivity contribution in [2.75, 3.05) is 25.5 Å². The zero-order valence-electron chi connectivity index (χ0n) is 10.2. The monoisotopic (exact) mass is 318 g/mol. The first kappa shape index (κ1) is 14.3. The number of carbonyl (C=O) groups is 1. The highest BCUT2D eigenvalue weighted by atomic mass is 79.9. The van der Waals surface area contributed by atoms with Gasteiger partial charge in [0.25, 0.3) is 5.91 Å². The Morgan fingerprint density at radius 3 is 2.65 bits per heavy atom. The van der Waals surface area contributed by atoms with E-state index in [1.54, 1.807) is 24.1 Å². The molecular weight excluding hydrogens is 304 g/mol. The van der Waals surface area contributed by atoms with Crippen molar-refractivity contribution in [3.63, 3.8) is 0 Å². The Labute approximate surface area is 115 Å². The van der Waals surface area contributed by atoms with Gasteiger partial charge in [0.15, 0.2) is 0 Å². The molecule has 0 atom stereocenters. The Bertz CT molecular complexity index is 423. The Kier molecular flexibility index (Phi) is 5.28. The first-order chi connectivity index (χ1) is 8.01. The Morgan fingerprint density at radius 1 is 1.47 bits per heavy atom. The van der Waals surface area contributed by atoms with Crippen LogP contribution >= 0.6 is 27.5 Å². The van der Waals surface area contributed by atoms with Gasteiger partial charge in [0.2, 0.25) is 0 Å². The molecule has 5 heteroatoms. The van der Waals surface area contributed by atoms with Crippen LogP contribution < -0.4 is 5.32 Å². The molecule has 94 valence electrons. The second kappa shape index (κ2) is 6.26. The van der Waals surface area contributed by atoms with Gasteiger partial charge in [-0.2, -0.15) is 0 Å². The summed E-state index contributed by atoms with van der Waals surface area (Å²) in [5.41, 5.74) is 1.39. The van der Waals surface area contributed by atoms with E-state index in [9.17, 15) is 4.79 Å². The van der Waals surface area contributed by atoms with Crippen LogP contribution in [-0.2, 0) is 0 Å². The molecule has 0 aliphatic heterocycles. The summed E-state index contributed by atoms with van der Waals surface area (Å²) in [4.78, 5) is 13.8. The zero-order valence-corrected chi connectivity index (χ0v) is 12.5. The number of benzene rings is 1. The highest BCUT2D eigenvalue weighted by molar-refractivity contribution is 9.10. The van der Waals surface area contributed by atoms with Crippen molar-refractivity contribution < 1.29 is 4.79 Å². The third kappa shape index (κ3) is 3.36. The predicted octanol–water partition coefficient (Wildman–Crippen LogP) is 3.63. The summed E-state index contributed by atoms with van der Waals surface area (Å²) in [6, 6.07) is 3.47. The summed E-state index contributed by atoms with van der Waals surface area (Å²) in [6.45, 7) is 5.33. The lowest BCUT2D eigenvalue weighted by Gasteiger charge is -2.18. The van der Waals surface area contributed by atoms with Crippen LogP contribution in [0.1, 0.15) is 24.2 Å². The molecule has 0 heterocycles. The molecule has 0 bridgehead atoms. The minimum Gasteiger partial charge on any atom is -0.384 e. The van der Waals surface area contributed by atoms with Crippen LogP contribution in [0, 0.1) is 0 Å². The molecule has 17 heavy (non-hydrogen) atoms. The number of amides is 1. The molecule has 1 aromatic rings. The van der Waals surface area contributed by atoms with Gasteiger partial charge in [-0.25, -0.2) is 0 Å². The summed E-state index contributed by atoms with van der Waals surface area (Å²) in [5, 5.41) is 3.73. The second-order valence-electron chi connectivity index (χ2n) is 3.66. The van der Waals surface area contributed by atoms with E-state index < -0.39 is 0 Å². The Balaban J connectivity index is 3.24. The van der Waals surface area contributed by atoms with Crippen molar-refractivity contribution >= 4 is 39.1 Å². The number of anilines is 1. The average Bonchev–Trinajstić information content (AvgIpc) is 2.30. The van der Waals surface area contributed by atoms with Gasteiger partial charge in [-0.3, -0.25) is 4.79 Å². The maximum absolute atomic E-state index is 12.2. The van der Waals surface area contributed by atoms with Crippen molar-refractivity contribution in [2.45, 2.75) is 13.8 Å². The van der Waals surface area contributed by atoms with Crippen LogP contribution in [-0.4, -0.2) is 30.9 Å². The fourth-order valence-electron chi connectivity index (χ4n) is 1.45. The number of hydrogen-bond donors (Lipinski definition) is 1. The molecular formula is C12H16BrClN2O. The lowest BCUT2D eigenvalue weighted by molar-refractivity contribution is 0.0803. The first-order valence-corrected chi connectivity index (χ1v) is 6.66. The van der Waals surface area contributed by atoms with Gasteiger partial charge in [-0.1, -0.05) is 11.6 Å². The van der Waals surface area contributed by atoms with Gasteiger partial charge in [0.1, 0.15) is 0 Å². The van der Waals surface area contributed by atoms with Crippen LogP contribution in [0.2, 0.25) is 5.02 Å². The van der Waals surface area contributed by atoms with Gasteiger partial charge in [0, 0.05) is 29.6 Å². The molecule has 0 fully saturated rings. The number of halogens is 2. The van der Waals surface area contributed by atoms with Gasteiger partial charge in [0.05, 0.1) is 11.3 Å². The molecule has 1 amide bonds. The van der Waals surface area contributed by atoms with Crippen LogP contribution in [0.15, 0.2) is 16.6 Å². The summed E-state index contributed by atoms with van der Waals surface area (Å²) in [7, 11) is 1.77. The molecule has 1 N–H and O–H groups in total. The summed E-state index contributed by atoms with van der Waals surface area (Å²) in [6.07, 6.45) is 0. The molecule has 0 aromatic heterocycles. The van der Waals surface area contributed by atoms with Crippen LogP contribution in [0.25, 0.3) is 0 Å². The maximum Gasteiger partial charge on any atom is 0.255 e. The molecule has 0 unspecified atom stereocenters. The van der Waals surface area contributed by atoms with E-state index in [4.69, 9.17) is 11.6 Å². The van der Waals surface area contributed by atoms with E-state index in [-0.39, 0.29) is 5.91 Å². The van der Waals surface area contributed by atoms with E-state index in [0.717, 1.165) is 16.7 Å². The van der Waals surface area contributed by atoms with Crippen molar-refractivity contribution in [1.82, 2.24) is 4.90 Å². The fourth-order valence-corrected chi connectivity index (χ4v) is 2.40. The fraction of sp³-hybridized carbons (Fsp3) is 0.417. The van der Waals surface area contributed by atoms with Crippen LogP contribution in [0.4, 0.5) is 5.69 Å². The summed E-state index contributed by atoms with van der Waals surface area (Å²) in [5.74, 6) is -0.0355. The SMILES string of the molecule is CCNc1c(Br)cc(Cl)cc1C(=O)N(C)CC. The first-order valence-electron chi connectivity index (χ1n) is 5.49. The van der Waals surface area contributed by atoms with E-state index in [1.165, 1.54) is 0 Å². The standard InChI is InChI=1S/C12H16BrClN2O/c1-4-15-11-9(12(17)16(3)5-2)6-8(14)7-10(11)13/h6-7,15H,4-5H2,1-3H3. The quantitative estimate of drug-likeness (QED) is 0.919. The van der Waals surface area contributed by atoms with Crippen LogP contribution in [0.3, 0.4) is 0 Å². The lowest BCUT2D eigenvalue weighted by atomic mass is 10.1. The van der Waals surface area contributed by atoms with Crippen molar-refractivity contribution in [3.05, 3.63) is 27.2 Å². The second-order valence-corrected chi connectivity index (χ2v) is 4.95. The minimum absolute atomic E-state index is 0.0355. The number of carbonyl (C=O) groups excluding carboxylic acids is 1. The van der Waals surface area contributed by atoms with Gasteiger partial charge < -0.3 is 10.2 Å². The van der Waals surface area contributed by atoms with Crippen molar-refractivity contribution in [3.8, 4) is 0 Å². The highest BCUT2D eigenvalue weighted by Crippen LogP contribution is 2.31. The van der Waals surface area contributed by atoms with Gasteiger partial charge in [-0.05, 0) is 41.9 Å². The lowest BCUT2D eigenvalue weighted by Crippen LogP contribution is -2.27. The summed E-state index contributed by atoms with van der Waals surface area (Å²) < 4.78 is 0.805. The van der Waals surface area contributed by atoms with E-state index in [1.807, 2.05) is 13.8 Å². The third-order valence-electron chi connectivity index (χ3n) is 2.46. The minimum atomic E-state index is -0.0355. The molecule has 1 rings (SSSR count). The van der Waals surface area contributed by atoms with Crippen molar-refractivity contribution in [1.29, 1.82) is 0 Å². The largest absolute Gasteiger partial charge is 0.384 e. The molecule has 3 nitrogen and oxygen atoms in total. The van der Waals surface area contributed by atoms with Gasteiger partial charge >= 0.3 is 0 Å². The van der Waals surface area contributed by atoms with E-state index >= 15 is 0 Å². The predicted molar refractivity (Wildman–Crippen MR) is 76.0 cm³/mol. The average molecular weight is 320 g/mol. The van der Waals surface area contributed by atoms with Gasteiger partial charge in [-0.15, -0.1) is 0 Å². The van der Waals surface area contributed by atoms with E-state index in [0.29, 0.717) is 17.1 Å². The molecule has 0 spiro atoms. The smallest absolute Gasteiger partial charge is 0.255 e. The Morgan fingerprint density at radius 2 is 2.12 bits per heavy atom. The molecule has 0 saturated carbocycles.